The molecule has 0 aliphatic heterocycles. The number of anilines is 1. The van der Waals surface area contributed by atoms with Gasteiger partial charge in [-0.1, -0.05) is 41.7 Å². The molecule has 30 heavy (non-hydrogen) atoms. The summed E-state index contributed by atoms with van der Waals surface area (Å²) in [4.78, 5) is 17.5. The highest BCUT2D eigenvalue weighted by Gasteiger charge is 2.22. The lowest BCUT2D eigenvalue weighted by molar-refractivity contribution is -0.0258. The van der Waals surface area contributed by atoms with Gasteiger partial charge in [0.1, 0.15) is 5.82 Å². The molecule has 1 aromatic heterocycles. The first-order chi connectivity index (χ1) is 14.3. The molecular formula is C21H24N4O4S. The van der Waals surface area contributed by atoms with E-state index in [1.807, 2.05) is 12.1 Å². The smallest absolute Gasteiger partial charge is 0.264 e. The van der Waals surface area contributed by atoms with Gasteiger partial charge in [-0.05, 0) is 35.7 Å². The van der Waals surface area contributed by atoms with Crippen LogP contribution in [-0.4, -0.2) is 42.7 Å². The van der Waals surface area contributed by atoms with Crippen LogP contribution in [-0.2, 0) is 27.8 Å². The highest BCUT2D eigenvalue weighted by molar-refractivity contribution is 7.89. The lowest BCUT2D eigenvalue weighted by Crippen LogP contribution is -2.26. The van der Waals surface area contributed by atoms with Gasteiger partial charge < -0.3 is 5.32 Å². The monoisotopic (exact) mass is 428 g/mol. The lowest BCUT2D eigenvalue weighted by atomic mass is 10.1. The van der Waals surface area contributed by atoms with Crippen LogP contribution >= 0.6 is 0 Å². The summed E-state index contributed by atoms with van der Waals surface area (Å²) in [5.41, 5.74) is 2.52. The standard InChI is InChI=1S/C21H24N4O4S/c1-4-16-8-10-17(11-9-16)15-25-20(12-13-22-25)23-21(26)18-6-5-7-19(14-18)30(27,28)24(2)29-3/h5-14H,4,15H2,1-3H3,(H,23,26). The normalized spacial score (nSPS) is 11.6. The van der Waals surface area contributed by atoms with E-state index < -0.39 is 15.9 Å². The van der Waals surface area contributed by atoms with E-state index >= 15 is 0 Å². The molecule has 1 N–H and O–H groups in total. The molecule has 0 atom stereocenters. The van der Waals surface area contributed by atoms with Crippen LogP contribution in [0.15, 0.2) is 65.7 Å². The molecular weight excluding hydrogens is 404 g/mol. The van der Waals surface area contributed by atoms with Crippen LogP contribution in [0.1, 0.15) is 28.4 Å². The van der Waals surface area contributed by atoms with Crippen molar-refractivity contribution >= 4 is 21.7 Å². The summed E-state index contributed by atoms with van der Waals surface area (Å²) in [6, 6.07) is 15.7. The number of hydroxylamine groups is 1. The van der Waals surface area contributed by atoms with E-state index in [0.29, 0.717) is 12.4 Å². The summed E-state index contributed by atoms with van der Waals surface area (Å²) < 4.78 is 27.2. The van der Waals surface area contributed by atoms with Crippen molar-refractivity contribution in [2.45, 2.75) is 24.8 Å². The predicted molar refractivity (Wildman–Crippen MR) is 114 cm³/mol. The van der Waals surface area contributed by atoms with Gasteiger partial charge in [-0.15, -0.1) is 0 Å². The fourth-order valence-corrected chi connectivity index (χ4v) is 3.87. The molecule has 8 nitrogen and oxygen atoms in total. The molecule has 1 amide bonds. The first-order valence-corrected chi connectivity index (χ1v) is 10.8. The number of hydrogen-bond donors (Lipinski definition) is 1. The zero-order chi connectivity index (χ0) is 21.7. The van der Waals surface area contributed by atoms with E-state index in [0.717, 1.165) is 16.5 Å². The number of rotatable bonds is 8. The Bertz CT molecular complexity index is 1120. The third-order valence-corrected chi connectivity index (χ3v) is 6.39. The quantitative estimate of drug-likeness (QED) is 0.557. The van der Waals surface area contributed by atoms with Gasteiger partial charge in [-0.2, -0.15) is 5.10 Å². The second-order valence-electron chi connectivity index (χ2n) is 6.62. The first-order valence-electron chi connectivity index (χ1n) is 9.39. The largest absolute Gasteiger partial charge is 0.307 e. The van der Waals surface area contributed by atoms with Gasteiger partial charge in [-0.3, -0.25) is 9.63 Å². The SMILES string of the molecule is CCc1ccc(Cn2nccc2NC(=O)c2cccc(S(=O)(=O)N(C)OC)c2)cc1. The molecule has 0 saturated heterocycles. The molecule has 0 aliphatic rings. The van der Waals surface area contributed by atoms with Gasteiger partial charge in [0.15, 0.2) is 0 Å². The Morgan fingerprint density at radius 3 is 2.50 bits per heavy atom. The first kappa shape index (κ1) is 21.7. The number of benzene rings is 2. The Kier molecular flexibility index (Phi) is 6.66. The minimum atomic E-state index is -3.85. The highest BCUT2D eigenvalue weighted by atomic mass is 32.2. The number of carbonyl (C=O) groups excluding carboxylic acids is 1. The van der Waals surface area contributed by atoms with Crippen molar-refractivity contribution in [3.63, 3.8) is 0 Å². The average Bonchev–Trinajstić information content (AvgIpc) is 3.20. The number of amides is 1. The number of nitrogens with zero attached hydrogens (tertiary/aromatic N) is 3. The lowest BCUT2D eigenvalue weighted by Gasteiger charge is -2.15. The van der Waals surface area contributed by atoms with Crippen molar-refractivity contribution in [1.29, 1.82) is 0 Å². The van der Waals surface area contributed by atoms with Crippen LogP contribution in [0.4, 0.5) is 5.82 Å². The van der Waals surface area contributed by atoms with Gasteiger partial charge >= 0.3 is 0 Å². The van der Waals surface area contributed by atoms with E-state index in [9.17, 15) is 13.2 Å². The van der Waals surface area contributed by atoms with E-state index in [4.69, 9.17) is 4.84 Å². The van der Waals surface area contributed by atoms with E-state index in [1.54, 1.807) is 23.0 Å². The van der Waals surface area contributed by atoms with Gasteiger partial charge in [0.2, 0.25) is 0 Å². The molecule has 0 bridgehead atoms. The number of hydrogen-bond acceptors (Lipinski definition) is 5. The second-order valence-corrected chi connectivity index (χ2v) is 8.56. The van der Waals surface area contributed by atoms with Gasteiger partial charge in [0.25, 0.3) is 15.9 Å². The zero-order valence-corrected chi connectivity index (χ0v) is 17.9. The minimum absolute atomic E-state index is 0.0379. The maximum Gasteiger partial charge on any atom is 0.264 e. The summed E-state index contributed by atoms with van der Waals surface area (Å²) in [6.07, 6.45) is 2.57. The van der Waals surface area contributed by atoms with Gasteiger partial charge in [0, 0.05) is 18.7 Å². The van der Waals surface area contributed by atoms with Crippen molar-refractivity contribution in [1.82, 2.24) is 14.2 Å². The summed E-state index contributed by atoms with van der Waals surface area (Å²) >= 11 is 0. The maximum absolute atomic E-state index is 12.7. The molecule has 1 heterocycles. The van der Waals surface area contributed by atoms with Crippen molar-refractivity contribution in [3.8, 4) is 0 Å². The van der Waals surface area contributed by atoms with Gasteiger partial charge in [0.05, 0.1) is 24.7 Å². The molecule has 9 heteroatoms. The molecule has 158 valence electrons. The van der Waals surface area contributed by atoms with Crippen molar-refractivity contribution < 1.29 is 18.0 Å². The van der Waals surface area contributed by atoms with E-state index in [2.05, 4.69) is 29.5 Å². The topological polar surface area (TPSA) is 93.5 Å². The van der Waals surface area contributed by atoms with E-state index in [-0.39, 0.29) is 10.5 Å². The molecule has 0 saturated carbocycles. The zero-order valence-electron chi connectivity index (χ0n) is 17.1. The Balaban J connectivity index is 1.77. The molecule has 0 fully saturated rings. The number of aryl methyl sites for hydroxylation is 1. The van der Waals surface area contributed by atoms with Crippen LogP contribution in [0.25, 0.3) is 0 Å². The summed E-state index contributed by atoms with van der Waals surface area (Å²) in [6.45, 7) is 2.60. The van der Waals surface area contributed by atoms with E-state index in [1.165, 1.54) is 37.9 Å². The number of aromatic nitrogens is 2. The van der Waals surface area contributed by atoms with Crippen LogP contribution in [0, 0.1) is 0 Å². The molecule has 3 rings (SSSR count). The number of sulfonamides is 1. The second kappa shape index (κ2) is 9.21. The van der Waals surface area contributed by atoms with Crippen molar-refractivity contribution in [3.05, 3.63) is 77.5 Å². The molecule has 3 aromatic rings. The molecule has 0 aliphatic carbocycles. The Labute approximate surface area is 176 Å². The summed E-state index contributed by atoms with van der Waals surface area (Å²) in [7, 11) is -1.31. The molecule has 0 radical (unpaired) electrons. The van der Waals surface area contributed by atoms with Crippen molar-refractivity contribution in [2.24, 2.45) is 0 Å². The average molecular weight is 429 g/mol. The van der Waals surface area contributed by atoms with Gasteiger partial charge in [-0.25, -0.2) is 13.1 Å². The number of carbonyl (C=O) groups is 1. The van der Waals surface area contributed by atoms with Crippen LogP contribution in [0.3, 0.4) is 0 Å². The summed E-state index contributed by atoms with van der Waals surface area (Å²) in [5.74, 6) is 0.0806. The fourth-order valence-electron chi connectivity index (χ4n) is 2.85. The Morgan fingerprint density at radius 2 is 1.83 bits per heavy atom. The predicted octanol–water partition coefficient (Wildman–Crippen LogP) is 2.93. The molecule has 0 unspecified atom stereocenters. The fraction of sp³-hybridized carbons (Fsp3) is 0.238. The minimum Gasteiger partial charge on any atom is -0.307 e. The van der Waals surface area contributed by atoms with Crippen LogP contribution < -0.4 is 5.32 Å². The highest BCUT2D eigenvalue weighted by Crippen LogP contribution is 2.18. The number of nitrogens with one attached hydrogen (secondary N) is 1. The molecule has 2 aromatic carbocycles. The van der Waals surface area contributed by atoms with Crippen molar-refractivity contribution in [2.75, 3.05) is 19.5 Å². The Morgan fingerprint density at radius 1 is 1.13 bits per heavy atom. The van der Waals surface area contributed by atoms with Crippen LogP contribution in [0.5, 0.6) is 0 Å². The third kappa shape index (κ3) is 4.76. The van der Waals surface area contributed by atoms with Crippen LogP contribution in [0.2, 0.25) is 0 Å². The third-order valence-electron chi connectivity index (χ3n) is 4.71. The maximum atomic E-state index is 12.7. The molecule has 0 spiro atoms. The summed E-state index contributed by atoms with van der Waals surface area (Å²) in [5, 5.41) is 7.07. The Hall–Kier alpha value is -3.01.